The molecule has 3 saturated carbocycles. The molecule has 3 aliphatic rings. The third kappa shape index (κ3) is 6.57. The van der Waals surface area contributed by atoms with Gasteiger partial charge in [0.1, 0.15) is 0 Å². The molecule has 2 atom stereocenters. The molecule has 3 fully saturated rings. The van der Waals surface area contributed by atoms with Crippen molar-refractivity contribution in [1.29, 1.82) is 0 Å². The average Bonchev–Trinajstić information content (AvgIpc) is 3.46. The Hall–Kier alpha value is 0.129. The number of benzene rings is 1. The van der Waals surface area contributed by atoms with Gasteiger partial charge in [0.2, 0.25) is 0 Å². The third-order valence-electron chi connectivity index (χ3n) is 4.76. The van der Waals surface area contributed by atoms with Crippen molar-refractivity contribution in [2.75, 3.05) is 14.1 Å². The minimum absolute atomic E-state index is 0. The Kier molecular flexibility index (Phi) is 11.1. The molecule has 143 valence electrons. The van der Waals surface area contributed by atoms with Gasteiger partial charge in [0.15, 0.2) is 0 Å². The van der Waals surface area contributed by atoms with Crippen LogP contribution in [-0.2, 0) is 17.1 Å². The van der Waals surface area contributed by atoms with Gasteiger partial charge < -0.3 is 4.90 Å². The fourth-order valence-electron chi connectivity index (χ4n) is 3.10. The van der Waals surface area contributed by atoms with Gasteiger partial charge in [-0.1, -0.05) is 38.3 Å². The fraction of sp³-hybridized carbons (Fsp3) is 0.160. The predicted molar refractivity (Wildman–Crippen MR) is 117 cm³/mol. The maximum atomic E-state index is 2.31. The second-order valence-electron chi connectivity index (χ2n) is 6.78. The topological polar surface area (TPSA) is 3.24 Å². The Morgan fingerprint density at radius 2 is 1.29 bits per heavy atom. The Morgan fingerprint density at radius 3 is 1.82 bits per heavy atom. The van der Waals surface area contributed by atoms with E-state index in [-0.39, 0.29) is 17.1 Å². The minimum atomic E-state index is -0.477. The Bertz CT molecular complexity index is 517. The summed E-state index contributed by atoms with van der Waals surface area (Å²) in [5.74, 6) is 1.45. The molecule has 0 saturated heterocycles. The zero-order chi connectivity index (χ0) is 19.1. The molecule has 3 heteroatoms. The first kappa shape index (κ1) is 24.4. The summed E-state index contributed by atoms with van der Waals surface area (Å²) < 4.78 is 0. The molecule has 0 N–H and O–H groups in total. The van der Waals surface area contributed by atoms with Crippen molar-refractivity contribution in [2.24, 2.45) is 0 Å². The van der Waals surface area contributed by atoms with Crippen molar-refractivity contribution >= 4 is 13.2 Å². The first-order chi connectivity index (χ1) is 13.2. The standard InChI is InChI=1S/C20H22NP.C5H5.Fe/c1-16(21(2)3)19-14-9-15-20(19)22(18-12-7-8-13-18)17-10-5-4-6-11-17;1-2-4-5-3-1;/h4-16H,1-3H3;1-5H;/q;;+2/t16-,22?;;/m1../s1. The van der Waals surface area contributed by atoms with E-state index < -0.39 is 7.92 Å². The van der Waals surface area contributed by atoms with Gasteiger partial charge in [-0.3, -0.25) is 0 Å². The SMILES string of the molecule is C[C@H]([C]1[CH][CH][CH][C]1P([C]1[CH][CH][CH][CH]1)c1ccccc1)N(C)C.[CH]1[CH][CH][CH][CH]1.[Fe+2]. The number of hydrogen-bond acceptors (Lipinski definition) is 1. The molecule has 0 aliphatic heterocycles. The van der Waals surface area contributed by atoms with E-state index in [1.807, 2.05) is 32.1 Å². The summed E-state index contributed by atoms with van der Waals surface area (Å²) in [5, 5.41) is 1.42. The van der Waals surface area contributed by atoms with Crippen LogP contribution in [0, 0.1) is 94.3 Å². The fourth-order valence-corrected chi connectivity index (χ4v) is 5.65. The molecule has 4 rings (SSSR count). The van der Waals surface area contributed by atoms with E-state index in [2.05, 4.69) is 101 Å². The van der Waals surface area contributed by atoms with Gasteiger partial charge in [0.25, 0.3) is 0 Å². The van der Waals surface area contributed by atoms with Crippen LogP contribution in [0.4, 0.5) is 0 Å². The molecule has 0 aromatic heterocycles. The van der Waals surface area contributed by atoms with Crippen molar-refractivity contribution in [2.45, 2.75) is 13.0 Å². The molecule has 0 bridgehead atoms. The van der Waals surface area contributed by atoms with Gasteiger partial charge in [0.05, 0.1) is 0 Å². The molecule has 1 nitrogen and oxygen atoms in total. The summed E-state index contributed by atoms with van der Waals surface area (Å²) in [4.78, 5) is 2.28. The van der Waals surface area contributed by atoms with E-state index in [4.69, 9.17) is 0 Å². The van der Waals surface area contributed by atoms with Crippen LogP contribution in [0.5, 0.6) is 0 Å². The van der Waals surface area contributed by atoms with Crippen molar-refractivity contribution in [1.82, 2.24) is 4.90 Å². The normalized spacial score (nSPS) is 23.3. The molecular weight excluding hydrogens is 401 g/mol. The largest absolute Gasteiger partial charge is 2.00 e. The van der Waals surface area contributed by atoms with Crippen LogP contribution < -0.4 is 5.30 Å². The van der Waals surface area contributed by atoms with E-state index in [9.17, 15) is 0 Å². The number of rotatable bonds is 5. The van der Waals surface area contributed by atoms with Crippen molar-refractivity contribution in [3.05, 3.63) is 125 Å². The summed E-state index contributed by atoms with van der Waals surface area (Å²) in [5.41, 5.74) is 2.91. The van der Waals surface area contributed by atoms with Crippen LogP contribution >= 0.6 is 7.92 Å². The van der Waals surface area contributed by atoms with Crippen LogP contribution in [0.25, 0.3) is 0 Å². The Morgan fingerprint density at radius 1 is 0.714 bits per heavy atom. The molecule has 15 radical (unpaired) electrons. The second-order valence-corrected chi connectivity index (χ2v) is 8.97. The molecule has 1 unspecified atom stereocenters. The van der Waals surface area contributed by atoms with Crippen LogP contribution in [0.3, 0.4) is 0 Å². The summed E-state index contributed by atoms with van der Waals surface area (Å²) in [7, 11) is 3.82. The maximum Gasteiger partial charge on any atom is 2.00 e. The van der Waals surface area contributed by atoms with Crippen molar-refractivity contribution in [3.63, 3.8) is 0 Å². The smallest absolute Gasteiger partial charge is 0.306 e. The summed E-state index contributed by atoms with van der Waals surface area (Å²) in [6, 6.07) is 11.3. The minimum Gasteiger partial charge on any atom is -0.306 e. The second kappa shape index (κ2) is 12.7. The molecule has 1 aromatic rings. The molecule has 3 aliphatic carbocycles. The molecule has 28 heavy (non-hydrogen) atoms. The van der Waals surface area contributed by atoms with Gasteiger partial charge in [-0.05, 0) is 103 Å². The van der Waals surface area contributed by atoms with Gasteiger partial charge in [-0.15, -0.1) is 0 Å². The first-order valence-electron chi connectivity index (χ1n) is 9.34. The third-order valence-corrected chi connectivity index (χ3v) is 7.28. The monoisotopic (exact) mass is 428 g/mol. The van der Waals surface area contributed by atoms with Gasteiger partial charge in [-0.25, -0.2) is 0 Å². The summed E-state index contributed by atoms with van der Waals surface area (Å²) in [6.07, 6.45) is 25.6. The van der Waals surface area contributed by atoms with E-state index in [0.29, 0.717) is 6.04 Å². The molecule has 0 heterocycles. The molecular formula is C25H27FeNP+2. The maximum absolute atomic E-state index is 2.31. The van der Waals surface area contributed by atoms with E-state index in [1.165, 1.54) is 22.5 Å². The van der Waals surface area contributed by atoms with E-state index >= 15 is 0 Å². The number of nitrogens with zero attached hydrogens (tertiary/aromatic N) is 1. The van der Waals surface area contributed by atoms with Gasteiger partial charge in [-0.2, -0.15) is 0 Å². The van der Waals surface area contributed by atoms with E-state index in [0.717, 1.165) is 0 Å². The van der Waals surface area contributed by atoms with Crippen LogP contribution in [0.15, 0.2) is 30.3 Å². The van der Waals surface area contributed by atoms with Crippen LogP contribution in [-0.4, -0.2) is 25.0 Å². The van der Waals surface area contributed by atoms with Gasteiger partial charge in [0, 0.05) is 23.3 Å². The number of hydrogen-bond donors (Lipinski definition) is 0. The van der Waals surface area contributed by atoms with Crippen molar-refractivity contribution in [3.8, 4) is 0 Å². The van der Waals surface area contributed by atoms with Crippen molar-refractivity contribution < 1.29 is 17.1 Å². The Balaban J connectivity index is 0.000000408. The average molecular weight is 428 g/mol. The molecule has 0 amide bonds. The quantitative estimate of drug-likeness (QED) is 0.479. The molecule has 1 aromatic carbocycles. The van der Waals surface area contributed by atoms with Crippen LogP contribution in [0.2, 0.25) is 0 Å². The van der Waals surface area contributed by atoms with Crippen LogP contribution in [0.1, 0.15) is 6.92 Å². The zero-order valence-corrected chi connectivity index (χ0v) is 18.6. The Labute approximate surface area is 186 Å². The first-order valence-corrected chi connectivity index (χ1v) is 10.7. The summed E-state index contributed by atoms with van der Waals surface area (Å²) >= 11 is 0. The predicted octanol–water partition coefficient (Wildman–Crippen LogP) is 4.86. The van der Waals surface area contributed by atoms with Gasteiger partial charge >= 0.3 is 17.1 Å². The molecule has 0 spiro atoms. The summed E-state index contributed by atoms with van der Waals surface area (Å²) in [6.45, 7) is 2.28. The zero-order valence-electron chi connectivity index (χ0n) is 16.6. The van der Waals surface area contributed by atoms with E-state index in [1.54, 1.807) is 0 Å².